The lowest BCUT2D eigenvalue weighted by Gasteiger charge is -2.04. The third kappa shape index (κ3) is 11.0. The lowest BCUT2D eigenvalue weighted by Crippen LogP contribution is -2.24. The molecule has 0 aromatic carbocycles. The molecule has 0 rings (SSSR count). The minimum atomic E-state index is -0.815. The molecule has 0 aliphatic carbocycles. The molecule has 16 heavy (non-hydrogen) atoms. The number of carbonyl (C=O) groups is 2. The average Bonchev–Trinajstić information content (AvgIpc) is 2.24. The van der Waals surface area contributed by atoms with Gasteiger partial charge >= 0.3 is 5.97 Å². The summed E-state index contributed by atoms with van der Waals surface area (Å²) in [5.74, 6) is -0.834. The molecule has 5 heteroatoms. The summed E-state index contributed by atoms with van der Waals surface area (Å²) in [6, 6.07) is 0. The Morgan fingerprint density at radius 2 is 1.62 bits per heavy atom. The number of rotatable bonds is 10. The van der Waals surface area contributed by atoms with Crippen LogP contribution in [0.2, 0.25) is 0 Å². The maximum Gasteiger partial charge on any atom is 0.303 e. The van der Waals surface area contributed by atoms with E-state index in [4.69, 9.17) is 10.2 Å². The summed E-state index contributed by atoms with van der Waals surface area (Å²) in [6.07, 6.45) is 4.25. The lowest BCUT2D eigenvalue weighted by atomic mass is 10.2. The number of unbranched alkanes of at least 4 members (excludes halogenated alkanes) is 3. The van der Waals surface area contributed by atoms with Crippen molar-refractivity contribution >= 4 is 11.9 Å². The number of nitrogens with one attached hydrogen (secondary N) is 1. The van der Waals surface area contributed by atoms with Crippen LogP contribution in [-0.2, 0) is 9.59 Å². The lowest BCUT2D eigenvalue weighted by molar-refractivity contribution is -0.137. The molecule has 0 heterocycles. The molecule has 0 radical (unpaired) electrons. The fourth-order valence-electron chi connectivity index (χ4n) is 1.29. The second-order valence-electron chi connectivity index (χ2n) is 3.74. The van der Waals surface area contributed by atoms with E-state index >= 15 is 0 Å². The van der Waals surface area contributed by atoms with Gasteiger partial charge in [-0.2, -0.15) is 0 Å². The monoisotopic (exact) mass is 231 g/mol. The average molecular weight is 231 g/mol. The normalized spacial score (nSPS) is 10.1. The van der Waals surface area contributed by atoms with E-state index in [0.29, 0.717) is 25.8 Å². The number of carboxylic acid groups (broad SMARTS) is 1. The minimum absolute atomic E-state index is 0.0191. The first kappa shape index (κ1) is 14.9. The summed E-state index contributed by atoms with van der Waals surface area (Å²) in [5, 5.41) is 19.7. The summed E-state index contributed by atoms with van der Waals surface area (Å²) in [7, 11) is 0. The van der Waals surface area contributed by atoms with Crippen molar-refractivity contribution in [3.8, 4) is 0 Å². The number of carbonyl (C=O) groups excluding carboxylic acids is 1. The molecule has 0 aromatic rings. The molecule has 0 spiro atoms. The van der Waals surface area contributed by atoms with Crippen LogP contribution in [0, 0.1) is 0 Å². The molecular weight excluding hydrogens is 210 g/mol. The van der Waals surface area contributed by atoms with Crippen molar-refractivity contribution < 1.29 is 19.8 Å². The van der Waals surface area contributed by atoms with E-state index in [0.717, 1.165) is 19.3 Å². The Kier molecular flexibility index (Phi) is 9.70. The summed E-state index contributed by atoms with van der Waals surface area (Å²) in [4.78, 5) is 21.4. The van der Waals surface area contributed by atoms with Crippen molar-refractivity contribution in [2.45, 2.75) is 44.9 Å². The van der Waals surface area contributed by atoms with Crippen molar-refractivity contribution in [2.24, 2.45) is 0 Å². The van der Waals surface area contributed by atoms with Crippen LogP contribution in [0.3, 0.4) is 0 Å². The fourth-order valence-corrected chi connectivity index (χ4v) is 1.29. The van der Waals surface area contributed by atoms with E-state index in [1.165, 1.54) is 0 Å². The molecule has 1 amide bonds. The van der Waals surface area contributed by atoms with Crippen LogP contribution in [0.5, 0.6) is 0 Å². The van der Waals surface area contributed by atoms with Crippen molar-refractivity contribution in [3.63, 3.8) is 0 Å². The van der Waals surface area contributed by atoms with Gasteiger partial charge in [0.05, 0.1) is 0 Å². The summed E-state index contributed by atoms with van der Waals surface area (Å²) in [5.41, 5.74) is 0. The predicted molar refractivity (Wildman–Crippen MR) is 60.1 cm³/mol. The van der Waals surface area contributed by atoms with Crippen molar-refractivity contribution in [1.82, 2.24) is 5.32 Å². The van der Waals surface area contributed by atoms with Crippen LogP contribution in [0.15, 0.2) is 0 Å². The number of carboxylic acids is 1. The smallest absolute Gasteiger partial charge is 0.303 e. The number of hydrogen-bond acceptors (Lipinski definition) is 3. The maximum atomic E-state index is 11.2. The highest BCUT2D eigenvalue weighted by Crippen LogP contribution is 2.00. The largest absolute Gasteiger partial charge is 0.481 e. The highest BCUT2D eigenvalue weighted by atomic mass is 16.4. The Balaban J connectivity index is 3.21. The molecule has 3 N–H and O–H groups in total. The van der Waals surface area contributed by atoms with E-state index in [-0.39, 0.29) is 18.9 Å². The van der Waals surface area contributed by atoms with E-state index in [1.807, 2.05) is 0 Å². The summed E-state index contributed by atoms with van der Waals surface area (Å²) >= 11 is 0. The number of amides is 1. The van der Waals surface area contributed by atoms with Crippen LogP contribution in [0.4, 0.5) is 0 Å². The standard InChI is InChI=1S/C11H21NO4/c13-9-5-1-4-8-12-10(14)6-2-3-7-11(15)16/h13H,1-9H2,(H,12,14)(H,15,16). The topological polar surface area (TPSA) is 86.6 Å². The minimum Gasteiger partial charge on any atom is -0.481 e. The van der Waals surface area contributed by atoms with E-state index in [2.05, 4.69) is 5.32 Å². The quantitative estimate of drug-likeness (QED) is 0.488. The molecule has 94 valence electrons. The van der Waals surface area contributed by atoms with Crippen molar-refractivity contribution in [3.05, 3.63) is 0 Å². The van der Waals surface area contributed by atoms with Crippen molar-refractivity contribution in [2.75, 3.05) is 13.2 Å². The predicted octanol–water partition coefficient (Wildman–Crippen LogP) is 0.910. The van der Waals surface area contributed by atoms with E-state index in [1.54, 1.807) is 0 Å². The van der Waals surface area contributed by atoms with Crippen LogP contribution < -0.4 is 5.32 Å². The molecule has 5 nitrogen and oxygen atoms in total. The zero-order valence-corrected chi connectivity index (χ0v) is 9.57. The Morgan fingerprint density at radius 3 is 2.25 bits per heavy atom. The first-order valence-corrected chi connectivity index (χ1v) is 5.76. The Hall–Kier alpha value is -1.10. The van der Waals surface area contributed by atoms with E-state index in [9.17, 15) is 9.59 Å². The number of aliphatic hydroxyl groups excluding tert-OH is 1. The third-order valence-corrected chi connectivity index (χ3v) is 2.20. The highest BCUT2D eigenvalue weighted by Gasteiger charge is 2.01. The van der Waals surface area contributed by atoms with Crippen LogP contribution in [0.1, 0.15) is 44.9 Å². The first-order valence-electron chi connectivity index (χ1n) is 5.76. The van der Waals surface area contributed by atoms with Gasteiger partial charge in [-0.05, 0) is 32.1 Å². The van der Waals surface area contributed by atoms with Gasteiger partial charge in [-0.3, -0.25) is 9.59 Å². The van der Waals surface area contributed by atoms with Gasteiger partial charge in [-0.1, -0.05) is 0 Å². The zero-order valence-electron chi connectivity index (χ0n) is 9.57. The van der Waals surface area contributed by atoms with Gasteiger partial charge in [0.15, 0.2) is 0 Å². The van der Waals surface area contributed by atoms with Gasteiger partial charge in [-0.25, -0.2) is 0 Å². The Bertz CT molecular complexity index is 206. The zero-order chi connectivity index (χ0) is 12.2. The van der Waals surface area contributed by atoms with Crippen LogP contribution in [0.25, 0.3) is 0 Å². The molecule has 0 aliphatic rings. The summed E-state index contributed by atoms with van der Waals surface area (Å²) < 4.78 is 0. The van der Waals surface area contributed by atoms with Gasteiger partial charge in [-0.15, -0.1) is 0 Å². The van der Waals surface area contributed by atoms with Gasteiger partial charge in [0, 0.05) is 26.0 Å². The molecule has 0 saturated heterocycles. The molecule has 0 bridgehead atoms. The molecule has 0 aromatic heterocycles. The molecule has 0 unspecified atom stereocenters. The number of aliphatic carboxylic acids is 1. The molecule has 0 aliphatic heterocycles. The van der Waals surface area contributed by atoms with Crippen LogP contribution >= 0.6 is 0 Å². The Labute approximate surface area is 95.9 Å². The SMILES string of the molecule is O=C(O)CCCCC(=O)NCCCCCO. The second kappa shape index (κ2) is 10.4. The molecule has 0 saturated carbocycles. The van der Waals surface area contributed by atoms with Gasteiger partial charge in [0.2, 0.25) is 5.91 Å². The first-order chi connectivity index (χ1) is 7.66. The second-order valence-corrected chi connectivity index (χ2v) is 3.74. The van der Waals surface area contributed by atoms with Crippen LogP contribution in [-0.4, -0.2) is 35.2 Å². The van der Waals surface area contributed by atoms with Crippen molar-refractivity contribution in [1.29, 1.82) is 0 Å². The van der Waals surface area contributed by atoms with Gasteiger partial charge in [0.25, 0.3) is 0 Å². The molecular formula is C11H21NO4. The fraction of sp³-hybridized carbons (Fsp3) is 0.818. The summed E-state index contributed by atoms with van der Waals surface area (Å²) in [6.45, 7) is 0.834. The van der Waals surface area contributed by atoms with Gasteiger partial charge < -0.3 is 15.5 Å². The molecule has 0 fully saturated rings. The van der Waals surface area contributed by atoms with E-state index < -0.39 is 5.97 Å². The highest BCUT2D eigenvalue weighted by molar-refractivity contribution is 5.75. The number of hydrogen-bond donors (Lipinski definition) is 3. The number of aliphatic hydroxyl groups is 1. The maximum absolute atomic E-state index is 11.2. The third-order valence-electron chi connectivity index (χ3n) is 2.20. The Morgan fingerprint density at radius 1 is 0.938 bits per heavy atom. The molecule has 0 atom stereocenters. The van der Waals surface area contributed by atoms with Gasteiger partial charge in [0.1, 0.15) is 0 Å².